The summed E-state index contributed by atoms with van der Waals surface area (Å²) in [5, 5.41) is 12.3. The number of nitrogens with one attached hydrogen (secondary N) is 1. The fourth-order valence-electron chi connectivity index (χ4n) is 1.90. The summed E-state index contributed by atoms with van der Waals surface area (Å²) in [5.41, 5.74) is -0.869. The minimum Gasteiger partial charge on any atom is -0.480 e. The SMILES string of the molecule is O=C(NC1(C(=O)O)CCC1)c1cc(Cl)cc(Cl)c1. The maximum atomic E-state index is 12.0. The Balaban J connectivity index is 2.19. The van der Waals surface area contributed by atoms with Gasteiger partial charge >= 0.3 is 5.97 Å². The molecule has 0 spiro atoms. The summed E-state index contributed by atoms with van der Waals surface area (Å²) in [6.45, 7) is 0. The molecule has 0 bridgehead atoms. The van der Waals surface area contributed by atoms with Crippen LogP contribution in [0.15, 0.2) is 18.2 Å². The molecule has 0 atom stereocenters. The Hall–Kier alpha value is -1.26. The van der Waals surface area contributed by atoms with Crippen molar-refractivity contribution in [1.29, 1.82) is 0 Å². The molecule has 2 rings (SSSR count). The lowest BCUT2D eigenvalue weighted by Gasteiger charge is -2.38. The zero-order valence-corrected chi connectivity index (χ0v) is 10.9. The van der Waals surface area contributed by atoms with Gasteiger partial charge in [0, 0.05) is 15.6 Å². The van der Waals surface area contributed by atoms with Crippen LogP contribution in [0.25, 0.3) is 0 Å². The number of carbonyl (C=O) groups is 2. The number of aliphatic carboxylic acids is 1. The van der Waals surface area contributed by atoms with Gasteiger partial charge < -0.3 is 10.4 Å². The van der Waals surface area contributed by atoms with Gasteiger partial charge in [0.15, 0.2) is 0 Å². The molecular formula is C12H11Cl2NO3. The van der Waals surface area contributed by atoms with Crippen LogP contribution in [0.4, 0.5) is 0 Å². The summed E-state index contributed by atoms with van der Waals surface area (Å²) in [7, 11) is 0. The van der Waals surface area contributed by atoms with Crippen LogP contribution in [0, 0.1) is 0 Å². The van der Waals surface area contributed by atoms with Crippen LogP contribution in [-0.2, 0) is 4.79 Å². The predicted octanol–water partition coefficient (Wildman–Crippen LogP) is 2.73. The Morgan fingerprint density at radius 3 is 2.11 bits per heavy atom. The van der Waals surface area contributed by atoms with E-state index in [1.165, 1.54) is 18.2 Å². The first-order valence-corrected chi connectivity index (χ1v) is 6.20. The minimum absolute atomic E-state index is 0.264. The Bertz CT molecular complexity index is 492. The van der Waals surface area contributed by atoms with Gasteiger partial charge in [-0.1, -0.05) is 23.2 Å². The van der Waals surface area contributed by atoms with Crippen LogP contribution < -0.4 is 5.32 Å². The molecule has 1 aliphatic rings. The van der Waals surface area contributed by atoms with E-state index in [1.54, 1.807) is 0 Å². The van der Waals surface area contributed by atoms with Crippen LogP contribution in [0.5, 0.6) is 0 Å². The molecule has 1 saturated carbocycles. The lowest BCUT2D eigenvalue weighted by Crippen LogP contribution is -2.59. The van der Waals surface area contributed by atoms with E-state index in [2.05, 4.69) is 5.32 Å². The average molecular weight is 288 g/mol. The third kappa shape index (κ3) is 2.44. The standard InChI is InChI=1S/C12H11Cl2NO3/c13-8-4-7(5-9(14)6-8)10(16)15-12(11(17)18)2-1-3-12/h4-6H,1-3H2,(H,15,16)(H,17,18). The molecule has 2 N–H and O–H groups in total. The van der Waals surface area contributed by atoms with Gasteiger partial charge in [-0.25, -0.2) is 4.79 Å². The molecule has 4 nitrogen and oxygen atoms in total. The van der Waals surface area contributed by atoms with E-state index in [9.17, 15) is 9.59 Å². The van der Waals surface area contributed by atoms with Gasteiger partial charge in [-0.15, -0.1) is 0 Å². The van der Waals surface area contributed by atoms with Gasteiger partial charge in [0.1, 0.15) is 5.54 Å². The molecule has 1 fully saturated rings. The highest BCUT2D eigenvalue weighted by Gasteiger charge is 2.45. The number of carbonyl (C=O) groups excluding carboxylic acids is 1. The molecule has 1 aliphatic carbocycles. The number of hydrogen-bond donors (Lipinski definition) is 2. The summed E-state index contributed by atoms with van der Waals surface area (Å²) in [5.74, 6) is -1.48. The molecule has 1 aromatic carbocycles. The lowest BCUT2D eigenvalue weighted by atomic mass is 9.76. The van der Waals surface area contributed by atoms with Crippen molar-refractivity contribution < 1.29 is 14.7 Å². The van der Waals surface area contributed by atoms with Crippen molar-refractivity contribution in [2.45, 2.75) is 24.8 Å². The maximum absolute atomic E-state index is 12.0. The Morgan fingerprint density at radius 2 is 1.72 bits per heavy atom. The quantitative estimate of drug-likeness (QED) is 0.898. The molecule has 0 unspecified atom stereocenters. The second kappa shape index (κ2) is 4.78. The number of hydrogen-bond acceptors (Lipinski definition) is 2. The molecule has 0 aliphatic heterocycles. The third-order valence-electron chi connectivity index (χ3n) is 3.09. The largest absolute Gasteiger partial charge is 0.480 e. The summed E-state index contributed by atoms with van der Waals surface area (Å²) in [4.78, 5) is 23.1. The molecule has 0 saturated heterocycles. The first kappa shape index (κ1) is 13.2. The monoisotopic (exact) mass is 287 g/mol. The average Bonchev–Trinajstić information content (AvgIpc) is 2.21. The Labute approximate surface area is 114 Å². The van der Waals surface area contributed by atoms with Crippen molar-refractivity contribution >= 4 is 35.1 Å². The van der Waals surface area contributed by atoms with Crippen LogP contribution in [-0.4, -0.2) is 22.5 Å². The van der Waals surface area contributed by atoms with Crippen LogP contribution in [0.1, 0.15) is 29.6 Å². The van der Waals surface area contributed by atoms with E-state index in [-0.39, 0.29) is 5.56 Å². The maximum Gasteiger partial charge on any atom is 0.329 e. The van der Waals surface area contributed by atoms with E-state index >= 15 is 0 Å². The van der Waals surface area contributed by atoms with E-state index in [1.807, 2.05) is 0 Å². The van der Waals surface area contributed by atoms with E-state index in [4.69, 9.17) is 28.3 Å². The van der Waals surface area contributed by atoms with Crippen LogP contribution in [0.2, 0.25) is 10.0 Å². The number of benzene rings is 1. The number of halogens is 2. The molecule has 0 radical (unpaired) electrons. The van der Waals surface area contributed by atoms with Crippen molar-refractivity contribution in [2.75, 3.05) is 0 Å². The lowest BCUT2D eigenvalue weighted by molar-refractivity contribution is -0.148. The van der Waals surface area contributed by atoms with Crippen molar-refractivity contribution in [1.82, 2.24) is 5.32 Å². The fourth-order valence-corrected chi connectivity index (χ4v) is 2.42. The van der Waals surface area contributed by atoms with Gasteiger partial charge in [0.05, 0.1) is 0 Å². The Kier molecular flexibility index (Phi) is 3.50. The normalized spacial score (nSPS) is 16.8. The van der Waals surface area contributed by atoms with Gasteiger partial charge in [-0.2, -0.15) is 0 Å². The first-order valence-electron chi connectivity index (χ1n) is 5.45. The molecule has 18 heavy (non-hydrogen) atoms. The van der Waals surface area contributed by atoms with Crippen molar-refractivity contribution in [3.8, 4) is 0 Å². The van der Waals surface area contributed by atoms with E-state index in [0.717, 1.165) is 6.42 Å². The van der Waals surface area contributed by atoms with E-state index in [0.29, 0.717) is 22.9 Å². The summed E-state index contributed by atoms with van der Waals surface area (Å²) in [6.07, 6.45) is 1.69. The first-order chi connectivity index (χ1) is 8.43. The fraction of sp³-hybridized carbons (Fsp3) is 0.333. The van der Waals surface area contributed by atoms with Gasteiger partial charge in [-0.3, -0.25) is 4.79 Å². The topological polar surface area (TPSA) is 66.4 Å². The van der Waals surface area contributed by atoms with Gasteiger partial charge in [0.2, 0.25) is 0 Å². The number of carboxylic acids is 1. The molecule has 1 amide bonds. The summed E-state index contributed by atoms with van der Waals surface area (Å²) >= 11 is 11.6. The zero-order valence-electron chi connectivity index (χ0n) is 9.37. The van der Waals surface area contributed by atoms with Crippen molar-refractivity contribution in [3.05, 3.63) is 33.8 Å². The highest BCUT2D eigenvalue weighted by Crippen LogP contribution is 2.32. The van der Waals surface area contributed by atoms with Crippen LogP contribution in [0.3, 0.4) is 0 Å². The number of amides is 1. The van der Waals surface area contributed by atoms with Gasteiger partial charge in [-0.05, 0) is 37.5 Å². The highest BCUT2D eigenvalue weighted by atomic mass is 35.5. The third-order valence-corrected chi connectivity index (χ3v) is 3.53. The molecule has 0 aromatic heterocycles. The summed E-state index contributed by atoms with van der Waals surface area (Å²) < 4.78 is 0. The Morgan fingerprint density at radius 1 is 1.17 bits per heavy atom. The predicted molar refractivity (Wildman–Crippen MR) is 68.1 cm³/mol. The van der Waals surface area contributed by atoms with Gasteiger partial charge in [0.25, 0.3) is 5.91 Å². The molecular weight excluding hydrogens is 277 g/mol. The smallest absolute Gasteiger partial charge is 0.329 e. The molecule has 6 heteroatoms. The van der Waals surface area contributed by atoms with Crippen molar-refractivity contribution in [2.24, 2.45) is 0 Å². The second-order valence-electron chi connectivity index (χ2n) is 4.35. The molecule has 0 heterocycles. The van der Waals surface area contributed by atoms with Crippen LogP contribution >= 0.6 is 23.2 Å². The zero-order chi connectivity index (χ0) is 13.3. The minimum atomic E-state index is -1.13. The molecule has 1 aromatic rings. The number of rotatable bonds is 3. The number of carboxylic acid groups (broad SMARTS) is 1. The second-order valence-corrected chi connectivity index (χ2v) is 5.23. The summed E-state index contributed by atoms with van der Waals surface area (Å²) in [6, 6.07) is 4.42. The highest BCUT2D eigenvalue weighted by molar-refractivity contribution is 6.35. The van der Waals surface area contributed by atoms with Crippen molar-refractivity contribution in [3.63, 3.8) is 0 Å². The van der Waals surface area contributed by atoms with E-state index < -0.39 is 17.4 Å². The molecule has 96 valence electrons.